The number of carbonyl (C=O) groups is 2. The number of H-pyrrole nitrogens is 1. The number of aromatic amines is 1. The van der Waals surface area contributed by atoms with Crippen molar-refractivity contribution in [2.45, 2.75) is 26.4 Å². The van der Waals surface area contributed by atoms with Gasteiger partial charge in [0.2, 0.25) is 5.91 Å². The van der Waals surface area contributed by atoms with Crippen molar-refractivity contribution in [3.8, 4) is 0 Å². The van der Waals surface area contributed by atoms with E-state index in [1.807, 2.05) is 24.3 Å². The maximum atomic E-state index is 13.9. The van der Waals surface area contributed by atoms with Crippen molar-refractivity contribution >= 4 is 22.8 Å². The Morgan fingerprint density at radius 2 is 1.76 bits per heavy atom. The van der Waals surface area contributed by atoms with Crippen LogP contribution in [0.5, 0.6) is 0 Å². The van der Waals surface area contributed by atoms with Crippen molar-refractivity contribution in [1.29, 1.82) is 0 Å². The summed E-state index contributed by atoms with van der Waals surface area (Å²) >= 11 is 0. The molecule has 2 amide bonds. The zero-order valence-corrected chi connectivity index (χ0v) is 16.4. The van der Waals surface area contributed by atoms with E-state index in [1.165, 1.54) is 11.0 Å². The van der Waals surface area contributed by atoms with Crippen LogP contribution in [0.25, 0.3) is 11.0 Å². The molecule has 0 aliphatic carbocycles. The molecule has 29 heavy (non-hydrogen) atoms. The van der Waals surface area contributed by atoms with Crippen molar-refractivity contribution in [1.82, 2.24) is 20.2 Å². The number of benzene rings is 2. The maximum absolute atomic E-state index is 13.9. The van der Waals surface area contributed by atoms with Crippen LogP contribution in [0.15, 0.2) is 42.5 Å². The van der Waals surface area contributed by atoms with E-state index in [9.17, 15) is 18.4 Å². The third kappa shape index (κ3) is 4.42. The lowest BCUT2D eigenvalue weighted by Crippen LogP contribution is -2.50. The summed E-state index contributed by atoms with van der Waals surface area (Å²) in [6.07, 6.45) is 0. The Morgan fingerprint density at radius 1 is 1.10 bits per heavy atom. The van der Waals surface area contributed by atoms with E-state index in [-0.39, 0.29) is 18.4 Å². The van der Waals surface area contributed by atoms with E-state index >= 15 is 0 Å². The molecule has 1 unspecified atom stereocenters. The van der Waals surface area contributed by atoms with Gasteiger partial charge < -0.3 is 15.2 Å². The van der Waals surface area contributed by atoms with Crippen LogP contribution in [0.4, 0.5) is 8.78 Å². The topological polar surface area (TPSA) is 78.1 Å². The van der Waals surface area contributed by atoms with E-state index < -0.39 is 29.1 Å². The van der Waals surface area contributed by atoms with Gasteiger partial charge in [0.15, 0.2) is 0 Å². The minimum absolute atomic E-state index is 0.195. The first kappa shape index (κ1) is 20.4. The summed E-state index contributed by atoms with van der Waals surface area (Å²) in [7, 11) is 1.58. The Labute approximate surface area is 166 Å². The first-order valence-electron chi connectivity index (χ1n) is 9.21. The van der Waals surface area contributed by atoms with Gasteiger partial charge >= 0.3 is 0 Å². The number of halogens is 2. The first-order valence-corrected chi connectivity index (χ1v) is 9.21. The van der Waals surface area contributed by atoms with E-state index in [2.05, 4.69) is 15.3 Å². The summed E-state index contributed by atoms with van der Waals surface area (Å²) in [5, 5.41) is 2.47. The van der Waals surface area contributed by atoms with Crippen molar-refractivity contribution in [3.63, 3.8) is 0 Å². The van der Waals surface area contributed by atoms with Crippen LogP contribution in [0, 0.1) is 17.6 Å². The molecule has 152 valence electrons. The second-order valence-electron chi connectivity index (χ2n) is 7.19. The fourth-order valence-electron chi connectivity index (χ4n) is 3.06. The Bertz CT molecular complexity index is 995. The molecule has 1 heterocycles. The predicted octanol–water partition coefficient (Wildman–Crippen LogP) is 3.25. The first-order chi connectivity index (χ1) is 13.8. The number of nitrogens with zero attached hydrogens (tertiary/aromatic N) is 2. The fraction of sp³-hybridized carbons (Fsp3) is 0.286. The Balaban J connectivity index is 1.75. The second-order valence-corrected chi connectivity index (χ2v) is 7.19. The molecule has 0 aliphatic rings. The van der Waals surface area contributed by atoms with Crippen molar-refractivity contribution in [2.24, 2.45) is 5.92 Å². The van der Waals surface area contributed by atoms with Crippen LogP contribution >= 0.6 is 0 Å². The zero-order chi connectivity index (χ0) is 21.1. The number of likely N-dealkylation sites (N-methyl/N-ethyl adjacent to an activating group) is 1. The molecule has 0 spiro atoms. The molecule has 0 aliphatic heterocycles. The lowest BCUT2D eigenvalue weighted by Gasteiger charge is -2.26. The van der Waals surface area contributed by atoms with Gasteiger partial charge in [-0.25, -0.2) is 13.8 Å². The Hall–Kier alpha value is -3.29. The molecule has 2 aromatic carbocycles. The molecule has 0 fully saturated rings. The molecule has 0 saturated heterocycles. The summed E-state index contributed by atoms with van der Waals surface area (Å²) in [6.45, 7) is 3.69. The van der Waals surface area contributed by atoms with Gasteiger partial charge in [-0.15, -0.1) is 0 Å². The van der Waals surface area contributed by atoms with E-state index in [0.29, 0.717) is 5.82 Å². The number of carbonyl (C=O) groups excluding carboxylic acids is 2. The molecule has 1 aromatic heterocycles. The number of hydrogen-bond donors (Lipinski definition) is 2. The number of nitrogens with one attached hydrogen (secondary N) is 2. The van der Waals surface area contributed by atoms with Gasteiger partial charge in [-0.1, -0.05) is 32.0 Å². The van der Waals surface area contributed by atoms with Gasteiger partial charge in [0.05, 0.1) is 17.6 Å². The number of fused-ring (bicyclic) bond motifs is 1. The van der Waals surface area contributed by atoms with Crippen molar-refractivity contribution in [3.05, 3.63) is 65.5 Å². The summed E-state index contributed by atoms with van der Waals surface area (Å²) in [5.74, 6) is -3.01. The number of imidazole rings is 1. The predicted molar refractivity (Wildman–Crippen MR) is 105 cm³/mol. The molecule has 3 rings (SSSR count). The zero-order valence-electron chi connectivity index (χ0n) is 16.4. The molecule has 3 aromatic rings. The van der Waals surface area contributed by atoms with Crippen LogP contribution in [-0.2, 0) is 11.3 Å². The Kier molecular flexibility index (Phi) is 5.91. The SMILES string of the molecule is CC(C)C(NC(=O)c1c(F)cccc1F)C(=O)N(C)Cc1nc2ccccc2[nH]1. The highest BCUT2D eigenvalue weighted by Gasteiger charge is 2.29. The fourth-order valence-corrected chi connectivity index (χ4v) is 3.06. The quantitative estimate of drug-likeness (QED) is 0.667. The number of aromatic nitrogens is 2. The van der Waals surface area contributed by atoms with Gasteiger partial charge in [0.25, 0.3) is 5.91 Å². The van der Waals surface area contributed by atoms with E-state index in [1.54, 1.807) is 20.9 Å². The van der Waals surface area contributed by atoms with Crippen molar-refractivity contribution < 1.29 is 18.4 Å². The summed E-state index contributed by atoms with van der Waals surface area (Å²) in [6, 6.07) is 9.71. The highest BCUT2D eigenvalue weighted by molar-refractivity contribution is 5.98. The average Bonchev–Trinajstić information content (AvgIpc) is 3.07. The molecular weight excluding hydrogens is 378 g/mol. The summed E-state index contributed by atoms with van der Waals surface area (Å²) in [5.41, 5.74) is 0.935. The lowest BCUT2D eigenvalue weighted by atomic mass is 10.0. The monoisotopic (exact) mass is 400 g/mol. The second kappa shape index (κ2) is 8.38. The number of para-hydroxylation sites is 2. The number of rotatable bonds is 6. The van der Waals surface area contributed by atoms with Crippen LogP contribution in [0.2, 0.25) is 0 Å². The van der Waals surface area contributed by atoms with E-state index in [4.69, 9.17) is 0 Å². The highest BCUT2D eigenvalue weighted by atomic mass is 19.1. The van der Waals surface area contributed by atoms with Crippen LogP contribution in [0.3, 0.4) is 0 Å². The van der Waals surface area contributed by atoms with Crippen molar-refractivity contribution in [2.75, 3.05) is 7.05 Å². The molecule has 2 N–H and O–H groups in total. The highest BCUT2D eigenvalue weighted by Crippen LogP contribution is 2.15. The molecule has 8 heteroatoms. The number of amides is 2. The summed E-state index contributed by atoms with van der Waals surface area (Å²) in [4.78, 5) is 34.3. The molecule has 0 saturated carbocycles. The van der Waals surface area contributed by atoms with Crippen LogP contribution in [0.1, 0.15) is 30.0 Å². The average molecular weight is 400 g/mol. The lowest BCUT2D eigenvalue weighted by molar-refractivity contribution is -0.133. The normalized spacial score (nSPS) is 12.2. The van der Waals surface area contributed by atoms with Crippen LogP contribution in [-0.4, -0.2) is 39.8 Å². The van der Waals surface area contributed by atoms with E-state index in [0.717, 1.165) is 23.2 Å². The van der Waals surface area contributed by atoms with Gasteiger partial charge in [0, 0.05) is 7.05 Å². The number of hydrogen-bond acceptors (Lipinski definition) is 3. The minimum Gasteiger partial charge on any atom is -0.340 e. The minimum atomic E-state index is -0.979. The van der Waals surface area contributed by atoms with Crippen LogP contribution < -0.4 is 5.32 Å². The van der Waals surface area contributed by atoms with Gasteiger partial charge in [-0.3, -0.25) is 9.59 Å². The Morgan fingerprint density at radius 3 is 2.38 bits per heavy atom. The molecule has 1 atom stereocenters. The third-order valence-electron chi connectivity index (χ3n) is 4.61. The van der Waals surface area contributed by atoms with Gasteiger partial charge in [-0.05, 0) is 30.2 Å². The largest absolute Gasteiger partial charge is 0.340 e. The summed E-state index contributed by atoms with van der Waals surface area (Å²) < 4.78 is 27.8. The van der Waals surface area contributed by atoms with Gasteiger partial charge in [0.1, 0.15) is 29.1 Å². The standard InChI is InChI=1S/C21H22F2N4O2/c1-12(2)19(26-20(28)18-13(22)7-6-8-14(18)23)21(29)27(3)11-17-24-15-9-4-5-10-16(15)25-17/h4-10,12,19H,11H2,1-3H3,(H,24,25)(H,26,28). The van der Waals surface area contributed by atoms with Gasteiger partial charge in [-0.2, -0.15) is 0 Å². The molecule has 6 nitrogen and oxygen atoms in total. The molecule has 0 radical (unpaired) electrons. The smallest absolute Gasteiger partial charge is 0.257 e. The molecular formula is C21H22F2N4O2. The molecule has 0 bridgehead atoms. The maximum Gasteiger partial charge on any atom is 0.257 e. The third-order valence-corrected chi connectivity index (χ3v) is 4.61.